The van der Waals surface area contributed by atoms with Gasteiger partial charge in [-0.15, -0.1) is 0 Å². The monoisotopic (exact) mass is 371 g/mol. The summed E-state index contributed by atoms with van der Waals surface area (Å²) in [5, 5.41) is 3.66. The van der Waals surface area contributed by atoms with E-state index in [1.54, 1.807) is 32.5 Å². The normalized spacial score (nSPS) is 10.3. The van der Waals surface area contributed by atoms with Crippen molar-refractivity contribution in [3.05, 3.63) is 33.4 Å². The van der Waals surface area contributed by atoms with Crippen LogP contribution in [0.4, 0.5) is 17.2 Å². The predicted octanol–water partition coefficient (Wildman–Crippen LogP) is 4.15. The minimum atomic E-state index is 0.473. The highest BCUT2D eigenvalue weighted by atomic mass is 79.9. The molecule has 0 bridgehead atoms. The van der Waals surface area contributed by atoms with Gasteiger partial charge in [0, 0.05) is 12.1 Å². The maximum absolute atomic E-state index is 6.09. The lowest BCUT2D eigenvalue weighted by atomic mass is 10.2. The molecule has 7 heteroatoms. The van der Waals surface area contributed by atoms with Crippen LogP contribution in [0, 0.1) is 6.92 Å². The molecular formula is C14H15BrClN3O2. The predicted molar refractivity (Wildman–Crippen MR) is 88.9 cm³/mol. The molecular weight excluding hydrogens is 358 g/mol. The van der Waals surface area contributed by atoms with Crippen LogP contribution in [0.1, 0.15) is 5.56 Å². The largest absolute Gasteiger partial charge is 0.495 e. The Bertz CT molecular complexity index is 680. The first kappa shape index (κ1) is 15.7. The molecule has 1 aromatic carbocycles. The fourth-order valence-corrected chi connectivity index (χ4v) is 2.43. The van der Waals surface area contributed by atoms with E-state index in [0.29, 0.717) is 33.7 Å². The van der Waals surface area contributed by atoms with E-state index in [2.05, 4.69) is 26.2 Å². The molecule has 0 aliphatic carbocycles. The number of halogens is 2. The van der Waals surface area contributed by atoms with Gasteiger partial charge in [0.15, 0.2) is 0 Å². The van der Waals surface area contributed by atoms with Crippen molar-refractivity contribution < 1.29 is 9.47 Å². The Hall–Kier alpha value is -1.66. The fourth-order valence-electron chi connectivity index (χ4n) is 1.76. The zero-order valence-electron chi connectivity index (χ0n) is 11.8. The number of methoxy groups -OCH3 is 2. The summed E-state index contributed by atoms with van der Waals surface area (Å²) in [5.74, 6) is 1.76. The number of nitrogen functional groups attached to an aromatic ring is 1. The molecule has 0 saturated carbocycles. The van der Waals surface area contributed by atoms with E-state index in [4.69, 9.17) is 26.8 Å². The van der Waals surface area contributed by atoms with Crippen LogP contribution in [0.2, 0.25) is 5.02 Å². The van der Waals surface area contributed by atoms with E-state index in [1.165, 1.54) is 0 Å². The van der Waals surface area contributed by atoms with Gasteiger partial charge in [0.2, 0.25) is 0 Å². The maximum atomic E-state index is 6.09. The van der Waals surface area contributed by atoms with Crippen LogP contribution in [-0.4, -0.2) is 19.2 Å². The molecule has 112 valence electrons. The summed E-state index contributed by atoms with van der Waals surface area (Å²) in [7, 11) is 3.12. The molecule has 1 aromatic heterocycles. The smallest absolute Gasteiger partial charge is 0.145 e. The summed E-state index contributed by atoms with van der Waals surface area (Å²) in [4.78, 5) is 4.27. The SMILES string of the molecule is COc1cc(Nc2ncc(N)c(C)c2Br)c(OC)cc1Cl. The van der Waals surface area contributed by atoms with Gasteiger partial charge in [0.05, 0.1) is 41.3 Å². The Labute approximate surface area is 136 Å². The number of aromatic nitrogens is 1. The maximum Gasteiger partial charge on any atom is 0.145 e. The van der Waals surface area contributed by atoms with Crippen LogP contribution < -0.4 is 20.5 Å². The number of nitrogens with two attached hydrogens (primary N) is 1. The standard InChI is InChI=1S/C14H15BrClN3O2/c1-7-9(17)6-18-14(13(7)15)19-10-5-11(20-2)8(16)4-12(10)21-3/h4-6H,17H2,1-3H3,(H,18,19). The molecule has 0 saturated heterocycles. The lowest BCUT2D eigenvalue weighted by Gasteiger charge is -2.15. The van der Waals surface area contributed by atoms with E-state index in [-0.39, 0.29) is 0 Å². The summed E-state index contributed by atoms with van der Waals surface area (Å²) in [6, 6.07) is 3.43. The second-order valence-electron chi connectivity index (χ2n) is 4.31. The van der Waals surface area contributed by atoms with Gasteiger partial charge >= 0.3 is 0 Å². The van der Waals surface area contributed by atoms with Gasteiger partial charge in [0.1, 0.15) is 17.3 Å². The topological polar surface area (TPSA) is 69.4 Å². The summed E-state index contributed by atoms with van der Waals surface area (Å²) in [5.41, 5.74) is 8.04. The molecule has 0 atom stereocenters. The number of ether oxygens (including phenoxy) is 2. The lowest BCUT2D eigenvalue weighted by Crippen LogP contribution is -2.01. The second-order valence-corrected chi connectivity index (χ2v) is 5.51. The Morgan fingerprint density at radius 2 is 1.90 bits per heavy atom. The number of pyridine rings is 1. The minimum Gasteiger partial charge on any atom is -0.495 e. The first-order valence-corrected chi connectivity index (χ1v) is 7.24. The first-order chi connectivity index (χ1) is 9.97. The molecule has 1 heterocycles. The molecule has 0 aliphatic heterocycles. The number of nitrogens with one attached hydrogen (secondary N) is 1. The number of benzene rings is 1. The van der Waals surface area contributed by atoms with Crippen LogP contribution in [0.3, 0.4) is 0 Å². The van der Waals surface area contributed by atoms with Crippen LogP contribution >= 0.6 is 27.5 Å². The zero-order valence-corrected chi connectivity index (χ0v) is 14.2. The van der Waals surface area contributed by atoms with Gasteiger partial charge < -0.3 is 20.5 Å². The zero-order chi connectivity index (χ0) is 15.6. The van der Waals surface area contributed by atoms with Crippen molar-refractivity contribution in [2.45, 2.75) is 6.92 Å². The van der Waals surface area contributed by atoms with E-state index in [1.807, 2.05) is 6.92 Å². The number of hydrogen-bond donors (Lipinski definition) is 2. The second kappa shape index (κ2) is 6.41. The highest BCUT2D eigenvalue weighted by molar-refractivity contribution is 9.10. The van der Waals surface area contributed by atoms with Gasteiger partial charge in [-0.2, -0.15) is 0 Å². The summed E-state index contributed by atoms with van der Waals surface area (Å²) >= 11 is 9.57. The van der Waals surface area contributed by atoms with E-state index in [9.17, 15) is 0 Å². The van der Waals surface area contributed by atoms with Gasteiger partial charge in [-0.25, -0.2) is 4.98 Å². The van der Waals surface area contributed by atoms with Crippen LogP contribution in [0.5, 0.6) is 11.5 Å². The molecule has 5 nitrogen and oxygen atoms in total. The molecule has 0 fully saturated rings. The van der Waals surface area contributed by atoms with Gasteiger partial charge in [0.25, 0.3) is 0 Å². The Balaban J connectivity index is 2.46. The molecule has 0 radical (unpaired) electrons. The number of nitrogens with zero attached hydrogens (tertiary/aromatic N) is 1. The molecule has 0 spiro atoms. The van der Waals surface area contributed by atoms with Crippen LogP contribution in [0.15, 0.2) is 22.8 Å². The van der Waals surface area contributed by atoms with Crippen molar-refractivity contribution >= 4 is 44.7 Å². The van der Waals surface area contributed by atoms with Gasteiger partial charge in [-0.1, -0.05) is 11.6 Å². The quantitative estimate of drug-likeness (QED) is 0.844. The van der Waals surface area contributed by atoms with Gasteiger partial charge in [-0.3, -0.25) is 0 Å². The minimum absolute atomic E-state index is 0.473. The van der Waals surface area contributed by atoms with Crippen molar-refractivity contribution in [2.24, 2.45) is 0 Å². The third kappa shape index (κ3) is 3.16. The highest BCUT2D eigenvalue weighted by Gasteiger charge is 2.13. The van der Waals surface area contributed by atoms with E-state index in [0.717, 1.165) is 10.0 Å². The number of anilines is 3. The highest BCUT2D eigenvalue weighted by Crippen LogP contribution is 2.38. The number of hydrogen-bond acceptors (Lipinski definition) is 5. The molecule has 0 aliphatic rings. The average molecular weight is 373 g/mol. The molecule has 0 amide bonds. The summed E-state index contributed by atoms with van der Waals surface area (Å²) in [6.07, 6.45) is 1.60. The molecule has 2 aromatic rings. The Kier molecular flexibility index (Phi) is 4.80. The van der Waals surface area contributed by atoms with Gasteiger partial charge in [-0.05, 0) is 28.4 Å². The van der Waals surface area contributed by atoms with Crippen molar-refractivity contribution in [3.8, 4) is 11.5 Å². The third-order valence-electron chi connectivity index (χ3n) is 3.03. The average Bonchev–Trinajstić information content (AvgIpc) is 2.48. The van der Waals surface area contributed by atoms with Crippen LogP contribution in [0.25, 0.3) is 0 Å². The molecule has 21 heavy (non-hydrogen) atoms. The summed E-state index contributed by atoms with van der Waals surface area (Å²) < 4.78 is 11.3. The van der Waals surface area contributed by atoms with E-state index >= 15 is 0 Å². The van der Waals surface area contributed by atoms with Crippen molar-refractivity contribution in [1.82, 2.24) is 4.98 Å². The Morgan fingerprint density at radius 3 is 2.52 bits per heavy atom. The molecule has 3 N–H and O–H groups in total. The lowest BCUT2D eigenvalue weighted by molar-refractivity contribution is 0.405. The van der Waals surface area contributed by atoms with E-state index < -0.39 is 0 Å². The fraction of sp³-hybridized carbons (Fsp3) is 0.214. The Morgan fingerprint density at radius 1 is 1.24 bits per heavy atom. The molecule has 2 rings (SSSR count). The third-order valence-corrected chi connectivity index (χ3v) is 4.30. The molecule has 0 unspecified atom stereocenters. The number of rotatable bonds is 4. The van der Waals surface area contributed by atoms with Crippen molar-refractivity contribution in [2.75, 3.05) is 25.3 Å². The van der Waals surface area contributed by atoms with Crippen LogP contribution in [-0.2, 0) is 0 Å². The van der Waals surface area contributed by atoms with Crippen molar-refractivity contribution in [3.63, 3.8) is 0 Å². The summed E-state index contributed by atoms with van der Waals surface area (Å²) in [6.45, 7) is 1.91. The van der Waals surface area contributed by atoms with Crippen molar-refractivity contribution in [1.29, 1.82) is 0 Å². The first-order valence-electron chi connectivity index (χ1n) is 6.07.